The Morgan fingerprint density at radius 2 is 1.80 bits per heavy atom. The van der Waals surface area contributed by atoms with Crippen LogP contribution in [0.15, 0.2) is 12.3 Å². The molecule has 0 aromatic carbocycles. The molecule has 0 unspecified atom stereocenters. The van der Waals surface area contributed by atoms with Crippen LogP contribution in [0, 0.1) is 5.92 Å². The average molecular weight is 427 g/mol. The Labute approximate surface area is 169 Å². The van der Waals surface area contributed by atoms with Crippen molar-refractivity contribution in [2.45, 2.75) is 25.2 Å². The van der Waals surface area contributed by atoms with Crippen LogP contribution < -0.4 is 15.5 Å². The van der Waals surface area contributed by atoms with Gasteiger partial charge in [0, 0.05) is 37.5 Å². The van der Waals surface area contributed by atoms with E-state index >= 15 is 0 Å². The van der Waals surface area contributed by atoms with E-state index in [9.17, 15) is 22.7 Å². The first kappa shape index (κ1) is 20.5. The lowest BCUT2D eigenvalue weighted by Gasteiger charge is -2.37. The number of hydrogen-bond acceptors (Lipinski definition) is 8. The molecule has 4 rings (SSSR count). The number of nitrogen functional groups attached to an aromatic ring is 1. The summed E-state index contributed by atoms with van der Waals surface area (Å²) in [6, 6.07) is 1.39. The number of aliphatic hydroxyl groups is 1. The first-order valence-electron chi connectivity index (χ1n) is 9.58. The third-order valence-corrected chi connectivity index (χ3v) is 5.37. The average Bonchev–Trinajstić information content (AvgIpc) is 2.70. The zero-order valence-corrected chi connectivity index (χ0v) is 16.0. The van der Waals surface area contributed by atoms with Gasteiger partial charge in [-0.15, -0.1) is 0 Å². The van der Waals surface area contributed by atoms with Crippen LogP contribution in [0.1, 0.15) is 18.5 Å². The summed E-state index contributed by atoms with van der Waals surface area (Å²) in [7, 11) is 0. The van der Waals surface area contributed by atoms with E-state index in [4.69, 9.17) is 5.73 Å². The molecule has 0 saturated carbocycles. The number of halogens is 4. The fourth-order valence-corrected chi connectivity index (χ4v) is 3.59. The summed E-state index contributed by atoms with van der Waals surface area (Å²) in [6.07, 6.45) is -3.33. The smallest absolute Gasteiger partial charge is 0.396 e. The molecule has 2 fully saturated rings. The largest absolute Gasteiger partial charge is 0.434 e. The Kier molecular flexibility index (Phi) is 5.35. The van der Waals surface area contributed by atoms with E-state index in [-0.39, 0.29) is 42.8 Å². The quantitative estimate of drug-likeness (QED) is 0.713. The van der Waals surface area contributed by atoms with Crippen LogP contribution in [0.3, 0.4) is 0 Å². The molecule has 0 aliphatic carbocycles. The van der Waals surface area contributed by atoms with Crippen LogP contribution in [0.2, 0.25) is 0 Å². The molecule has 30 heavy (non-hydrogen) atoms. The molecule has 0 amide bonds. The zero-order valence-electron chi connectivity index (χ0n) is 16.0. The lowest BCUT2D eigenvalue weighted by Crippen LogP contribution is -2.49. The molecule has 2 saturated heterocycles. The van der Waals surface area contributed by atoms with Crippen molar-refractivity contribution >= 4 is 17.7 Å². The Morgan fingerprint density at radius 1 is 1.10 bits per heavy atom. The molecule has 2 aliphatic heterocycles. The minimum absolute atomic E-state index is 0.00563. The van der Waals surface area contributed by atoms with Crippen LogP contribution in [0.25, 0.3) is 11.3 Å². The first-order chi connectivity index (χ1) is 14.2. The molecule has 0 atom stereocenters. The van der Waals surface area contributed by atoms with Gasteiger partial charge in [0.2, 0.25) is 11.9 Å². The Hall–Kier alpha value is -2.76. The van der Waals surface area contributed by atoms with Gasteiger partial charge in [-0.25, -0.2) is 19.3 Å². The standard InChI is InChI=1S/C18H21F4N7O/c19-11-7-29(8-11)14-5-13(12-6-24-16(23)27-15(12)18(20,21)22)25-17(26-14)28-3-1-10(9-30)2-4-28/h5-6,10-11,30H,1-4,7-9H2,(H2,23,24,27). The number of anilines is 3. The molecule has 162 valence electrons. The SMILES string of the molecule is Nc1ncc(-c2cc(N3CC(F)C3)nc(N3CCC(CO)CC3)n2)c(C(F)(F)F)n1. The lowest BCUT2D eigenvalue weighted by molar-refractivity contribution is -0.140. The predicted molar refractivity (Wildman–Crippen MR) is 102 cm³/mol. The molecule has 2 aliphatic rings. The summed E-state index contributed by atoms with van der Waals surface area (Å²) >= 11 is 0. The van der Waals surface area contributed by atoms with Crippen LogP contribution >= 0.6 is 0 Å². The summed E-state index contributed by atoms with van der Waals surface area (Å²) < 4.78 is 54.0. The molecule has 0 spiro atoms. The van der Waals surface area contributed by atoms with E-state index < -0.39 is 24.0 Å². The highest BCUT2D eigenvalue weighted by atomic mass is 19.4. The summed E-state index contributed by atoms with van der Waals surface area (Å²) in [5, 5.41) is 9.33. The summed E-state index contributed by atoms with van der Waals surface area (Å²) in [4.78, 5) is 19.4. The van der Waals surface area contributed by atoms with Crippen LogP contribution in [-0.2, 0) is 6.18 Å². The number of nitrogens with zero attached hydrogens (tertiary/aromatic N) is 6. The monoisotopic (exact) mass is 427 g/mol. The van der Waals surface area contributed by atoms with Gasteiger partial charge in [-0.2, -0.15) is 18.2 Å². The molecule has 0 bridgehead atoms. The molecule has 4 heterocycles. The maximum Gasteiger partial charge on any atom is 0.434 e. The molecule has 8 nitrogen and oxygen atoms in total. The predicted octanol–water partition coefficient (Wildman–Crippen LogP) is 1.90. The van der Waals surface area contributed by atoms with Crippen molar-refractivity contribution in [3.05, 3.63) is 18.0 Å². The van der Waals surface area contributed by atoms with Gasteiger partial charge in [-0.3, -0.25) is 0 Å². The number of piperidine rings is 1. The highest BCUT2D eigenvalue weighted by Gasteiger charge is 2.37. The Balaban J connectivity index is 1.76. The lowest BCUT2D eigenvalue weighted by atomic mass is 9.98. The van der Waals surface area contributed by atoms with E-state index in [1.54, 1.807) is 4.90 Å². The fraction of sp³-hybridized carbons (Fsp3) is 0.556. The summed E-state index contributed by atoms with van der Waals surface area (Å²) in [5.74, 6) is 0.285. The Bertz CT molecular complexity index is 912. The van der Waals surface area contributed by atoms with Gasteiger partial charge >= 0.3 is 6.18 Å². The molecular weight excluding hydrogens is 406 g/mol. The van der Waals surface area contributed by atoms with Crippen molar-refractivity contribution in [1.29, 1.82) is 0 Å². The third-order valence-electron chi connectivity index (χ3n) is 5.37. The van der Waals surface area contributed by atoms with Crippen LogP contribution in [0.4, 0.5) is 35.3 Å². The van der Waals surface area contributed by atoms with Crippen LogP contribution in [0.5, 0.6) is 0 Å². The number of rotatable bonds is 4. The van der Waals surface area contributed by atoms with Gasteiger partial charge in [0.15, 0.2) is 5.69 Å². The number of aromatic nitrogens is 4. The summed E-state index contributed by atoms with van der Waals surface area (Å²) in [5.41, 5.74) is 3.86. The van der Waals surface area contributed by atoms with Crippen molar-refractivity contribution in [3.8, 4) is 11.3 Å². The van der Waals surface area contributed by atoms with Crippen molar-refractivity contribution in [2.24, 2.45) is 5.92 Å². The van der Waals surface area contributed by atoms with Crippen molar-refractivity contribution in [3.63, 3.8) is 0 Å². The third kappa shape index (κ3) is 4.09. The Morgan fingerprint density at radius 3 is 2.40 bits per heavy atom. The van der Waals surface area contributed by atoms with E-state index in [2.05, 4.69) is 19.9 Å². The van der Waals surface area contributed by atoms with E-state index in [1.165, 1.54) is 6.07 Å². The van der Waals surface area contributed by atoms with Gasteiger partial charge in [0.25, 0.3) is 0 Å². The normalized spacial score (nSPS) is 18.6. The minimum atomic E-state index is -4.75. The van der Waals surface area contributed by atoms with E-state index in [1.807, 2.05) is 4.90 Å². The zero-order chi connectivity index (χ0) is 21.5. The minimum Gasteiger partial charge on any atom is -0.396 e. The van der Waals surface area contributed by atoms with Crippen molar-refractivity contribution < 1.29 is 22.7 Å². The number of aliphatic hydroxyl groups excluding tert-OH is 1. The number of hydrogen-bond donors (Lipinski definition) is 2. The molecule has 2 aromatic rings. The molecule has 12 heteroatoms. The second kappa shape index (κ2) is 7.82. The topological polar surface area (TPSA) is 104 Å². The van der Waals surface area contributed by atoms with Crippen molar-refractivity contribution in [1.82, 2.24) is 19.9 Å². The maximum absolute atomic E-state index is 13.6. The number of alkyl halides is 4. The second-order valence-electron chi connectivity index (χ2n) is 7.51. The number of nitrogens with two attached hydrogens (primary N) is 1. The maximum atomic E-state index is 13.6. The van der Waals surface area contributed by atoms with Crippen molar-refractivity contribution in [2.75, 3.05) is 48.3 Å². The molecule has 0 radical (unpaired) electrons. The molecule has 2 aromatic heterocycles. The van der Waals surface area contributed by atoms with E-state index in [0.29, 0.717) is 31.7 Å². The first-order valence-corrected chi connectivity index (χ1v) is 9.58. The summed E-state index contributed by atoms with van der Waals surface area (Å²) in [6.45, 7) is 1.44. The van der Waals surface area contributed by atoms with Gasteiger partial charge in [-0.05, 0) is 18.8 Å². The fourth-order valence-electron chi connectivity index (χ4n) is 3.59. The van der Waals surface area contributed by atoms with Gasteiger partial charge in [0.1, 0.15) is 12.0 Å². The molecule has 3 N–H and O–H groups in total. The van der Waals surface area contributed by atoms with Crippen LogP contribution in [-0.4, -0.2) is 64.0 Å². The highest BCUT2D eigenvalue weighted by molar-refractivity contribution is 5.68. The highest BCUT2D eigenvalue weighted by Crippen LogP contribution is 2.37. The van der Waals surface area contributed by atoms with Gasteiger partial charge in [-0.1, -0.05) is 0 Å². The van der Waals surface area contributed by atoms with Gasteiger partial charge in [0.05, 0.1) is 18.8 Å². The molecular formula is C18H21F4N7O. The second-order valence-corrected chi connectivity index (χ2v) is 7.51. The van der Waals surface area contributed by atoms with Gasteiger partial charge < -0.3 is 20.6 Å². The van der Waals surface area contributed by atoms with E-state index in [0.717, 1.165) is 6.20 Å².